The van der Waals surface area contributed by atoms with Gasteiger partial charge in [-0.3, -0.25) is 9.59 Å². The standard InChI is InChI=1S/C14H26N2O2/c1-4-5-8-16-10-12(9-13(16)17)14(18)15-7-6-11(2)3/h11-12H,4-10H2,1-3H3,(H,15,18)/t12-/m0/s1. The quantitative estimate of drug-likeness (QED) is 0.753. The highest BCUT2D eigenvalue weighted by Crippen LogP contribution is 2.18. The van der Waals surface area contributed by atoms with Gasteiger partial charge in [0, 0.05) is 26.1 Å². The topological polar surface area (TPSA) is 49.4 Å². The van der Waals surface area contributed by atoms with Gasteiger partial charge in [0.25, 0.3) is 0 Å². The van der Waals surface area contributed by atoms with Gasteiger partial charge in [-0.1, -0.05) is 27.2 Å². The highest BCUT2D eigenvalue weighted by Gasteiger charge is 2.33. The second-order valence-electron chi connectivity index (χ2n) is 5.57. The second-order valence-corrected chi connectivity index (χ2v) is 5.57. The maximum absolute atomic E-state index is 11.9. The van der Waals surface area contributed by atoms with E-state index in [9.17, 15) is 9.59 Å². The van der Waals surface area contributed by atoms with Gasteiger partial charge in [-0.15, -0.1) is 0 Å². The average Bonchev–Trinajstić information content (AvgIpc) is 2.67. The van der Waals surface area contributed by atoms with E-state index in [1.807, 2.05) is 4.90 Å². The molecule has 0 aromatic heterocycles. The predicted molar refractivity (Wildman–Crippen MR) is 72.1 cm³/mol. The van der Waals surface area contributed by atoms with Crippen molar-refractivity contribution in [1.29, 1.82) is 0 Å². The van der Waals surface area contributed by atoms with Gasteiger partial charge >= 0.3 is 0 Å². The molecule has 1 N–H and O–H groups in total. The molecule has 0 spiro atoms. The van der Waals surface area contributed by atoms with Crippen molar-refractivity contribution < 1.29 is 9.59 Å². The molecule has 1 atom stereocenters. The zero-order valence-corrected chi connectivity index (χ0v) is 11.9. The SMILES string of the molecule is CCCCN1C[C@@H](C(=O)NCCC(C)C)CC1=O. The third kappa shape index (κ3) is 4.67. The smallest absolute Gasteiger partial charge is 0.225 e. The first-order valence-electron chi connectivity index (χ1n) is 7.10. The molecule has 1 rings (SSSR count). The van der Waals surface area contributed by atoms with Crippen molar-refractivity contribution in [3.63, 3.8) is 0 Å². The minimum absolute atomic E-state index is 0.0444. The number of hydrogen-bond donors (Lipinski definition) is 1. The lowest BCUT2D eigenvalue weighted by atomic mass is 10.1. The van der Waals surface area contributed by atoms with E-state index in [0.717, 1.165) is 32.4 Å². The number of carbonyl (C=O) groups excluding carboxylic acids is 2. The number of likely N-dealkylation sites (tertiary alicyclic amines) is 1. The van der Waals surface area contributed by atoms with Crippen LogP contribution in [-0.2, 0) is 9.59 Å². The fourth-order valence-electron chi connectivity index (χ4n) is 2.14. The molecule has 104 valence electrons. The van der Waals surface area contributed by atoms with Crippen molar-refractivity contribution >= 4 is 11.8 Å². The maximum atomic E-state index is 11.9. The lowest BCUT2D eigenvalue weighted by molar-refractivity contribution is -0.129. The van der Waals surface area contributed by atoms with Crippen LogP contribution < -0.4 is 5.32 Å². The number of nitrogens with zero attached hydrogens (tertiary/aromatic N) is 1. The van der Waals surface area contributed by atoms with E-state index in [1.54, 1.807) is 0 Å². The van der Waals surface area contributed by atoms with Crippen molar-refractivity contribution in [1.82, 2.24) is 10.2 Å². The highest BCUT2D eigenvalue weighted by molar-refractivity contribution is 5.89. The van der Waals surface area contributed by atoms with Gasteiger partial charge in [-0.2, -0.15) is 0 Å². The van der Waals surface area contributed by atoms with Gasteiger partial charge in [0.15, 0.2) is 0 Å². The molecule has 2 amide bonds. The minimum atomic E-state index is -0.137. The summed E-state index contributed by atoms with van der Waals surface area (Å²) in [7, 11) is 0. The summed E-state index contributed by atoms with van der Waals surface area (Å²) in [4.78, 5) is 25.5. The minimum Gasteiger partial charge on any atom is -0.356 e. The Balaban J connectivity index is 2.30. The fraction of sp³-hybridized carbons (Fsp3) is 0.857. The molecule has 1 aliphatic rings. The fourth-order valence-corrected chi connectivity index (χ4v) is 2.14. The summed E-state index contributed by atoms with van der Waals surface area (Å²) in [6, 6.07) is 0. The largest absolute Gasteiger partial charge is 0.356 e. The lowest BCUT2D eigenvalue weighted by Crippen LogP contribution is -2.34. The molecule has 1 heterocycles. The maximum Gasteiger partial charge on any atom is 0.225 e. The van der Waals surface area contributed by atoms with Crippen LogP contribution in [0.4, 0.5) is 0 Å². The van der Waals surface area contributed by atoms with Crippen molar-refractivity contribution in [3.05, 3.63) is 0 Å². The zero-order valence-electron chi connectivity index (χ0n) is 11.9. The van der Waals surface area contributed by atoms with Crippen LogP contribution in [0.2, 0.25) is 0 Å². The molecule has 4 heteroatoms. The lowest BCUT2D eigenvalue weighted by Gasteiger charge is -2.16. The molecule has 0 aromatic carbocycles. The van der Waals surface area contributed by atoms with E-state index < -0.39 is 0 Å². The number of unbranched alkanes of at least 4 members (excludes halogenated alkanes) is 1. The van der Waals surface area contributed by atoms with E-state index >= 15 is 0 Å². The third-order valence-electron chi connectivity index (χ3n) is 3.39. The van der Waals surface area contributed by atoms with Crippen molar-refractivity contribution in [2.45, 2.75) is 46.5 Å². The first-order valence-corrected chi connectivity index (χ1v) is 7.10. The molecule has 4 nitrogen and oxygen atoms in total. The van der Waals surface area contributed by atoms with Crippen molar-refractivity contribution in [2.24, 2.45) is 11.8 Å². The summed E-state index contributed by atoms with van der Waals surface area (Å²) in [6.07, 6.45) is 3.48. The van der Waals surface area contributed by atoms with Crippen molar-refractivity contribution in [2.75, 3.05) is 19.6 Å². The Morgan fingerprint density at radius 3 is 2.83 bits per heavy atom. The number of carbonyl (C=O) groups is 2. The van der Waals surface area contributed by atoms with Crippen LogP contribution in [0.5, 0.6) is 0 Å². The molecule has 0 aromatic rings. The van der Waals surface area contributed by atoms with E-state index in [1.165, 1.54) is 0 Å². The van der Waals surface area contributed by atoms with Crippen LogP contribution >= 0.6 is 0 Å². The molecule has 0 saturated carbocycles. The van der Waals surface area contributed by atoms with Gasteiger partial charge in [0.1, 0.15) is 0 Å². The molecule has 18 heavy (non-hydrogen) atoms. The number of nitrogens with one attached hydrogen (secondary N) is 1. The molecule has 0 aliphatic carbocycles. The third-order valence-corrected chi connectivity index (χ3v) is 3.39. The Labute approximate surface area is 110 Å². The Morgan fingerprint density at radius 1 is 1.50 bits per heavy atom. The average molecular weight is 254 g/mol. The van der Waals surface area contributed by atoms with Gasteiger partial charge in [-0.25, -0.2) is 0 Å². The van der Waals surface area contributed by atoms with Gasteiger partial charge in [-0.05, 0) is 18.8 Å². The number of rotatable bonds is 7. The van der Waals surface area contributed by atoms with E-state index in [2.05, 4.69) is 26.1 Å². The Kier molecular flexibility index (Phi) is 6.16. The van der Waals surface area contributed by atoms with Crippen LogP contribution in [0.1, 0.15) is 46.5 Å². The summed E-state index contributed by atoms with van der Waals surface area (Å²) < 4.78 is 0. The number of hydrogen-bond acceptors (Lipinski definition) is 2. The molecular formula is C14H26N2O2. The normalized spacial score (nSPS) is 19.7. The van der Waals surface area contributed by atoms with Crippen molar-refractivity contribution in [3.8, 4) is 0 Å². The summed E-state index contributed by atoms with van der Waals surface area (Å²) in [5.41, 5.74) is 0. The molecule has 0 radical (unpaired) electrons. The van der Waals surface area contributed by atoms with E-state index in [4.69, 9.17) is 0 Å². The van der Waals surface area contributed by atoms with Crippen LogP contribution in [0.15, 0.2) is 0 Å². The Bertz CT molecular complexity index is 290. The van der Waals surface area contributed by atoms with Crippen LogP contribution in [0, 0.1) is 11.8 Å². The summed E-state index contributed by atoms with van der Waals surface area (Å²) in [5, 5.41) is 2.94. The molecule has 1 fully saturated rings. The monoisotopic (exact) mass is 254 g/mol. The summed E-state index contributed by atoms with van der Waals surface area (Å²) in [6.45, 7) is 8.50. The van der Waals surface area contributed by atoms with Gasteiger partial charge in [0.2, 0.25) is 11.8 Å². The van der Waals surface area contributed by atoms with Crippen LogP contribution in [0.3, 0.4) is 0 Å². The van der Waals surface area contributed by atoms with Crippen LogP contribution in [0.25, 0.3) is 0 Å². The molecule has 1 aliphatic heterocycles. The summed E-state index contributed by atoms with van der Waals surface area (Å²) in [5.74, 6) is 0.633. The molecule has 1 saturated heterocycles. The second kappa shape index (κ2) is 7.39. The Morgan fingerprint density at radius 2 is 2.22 bits per heavy atom. The van der Waals surface area contributed by atoms with Gasteiger partial charge in [0.05, 0.1) is 5.92 Å². The molecular weight excluding hydrogens is 228 g/mol. The molecule has 0 bridgehead atoms. The zero-order chi connectivity index (χ0) is 13.5. The molecule has 0 unspecified atom stereocenters. The highest BCUT2D eigenvalue weighted by atomic mass is 16.2. The first-order chi connectivity index (χ1) is 8.54. The predicted octanol–water partition coefficient (Wildman–Crippen LogP) is 1.80. The Hall–Kier alpha value is -1.06. The van der Waals surface area contributed by atoms with Gasteiger partial charge < -0.3 is 10.2 Å². The summed E-state index contributed by atoms with van der Waals surface area (Å²) >= 11 is 0. The van der Waals surface area contributed by atoms with E-state index in [0.29, 0.717) is 18.9 Å². The number of amides is 2. The van der Waals surface area contributed by atoms with E-state index in [-0.39, 0.29) is 17.7 Å². The first kappa shape index (κ1) is 15.0. The van der Waals surface area contributed by atoms with Crippen LogP contribution in [-0.4, -0.2) is 36.3 Å².